The first-order chi connectivity index (χ1) is 6.46. The highest BCUT2D eigenvalue weighted by Gasteiger charge is 2.30. The topological polar surface area (TPSA) is 52.6 Å². The van der Waals surface area contributed by atoms with Gasteiger partial charge in [-0.25, -0.2) is 0 Å². The van der Waals surface area contributed by atoms with Gasteiger partial charge in [0.15, 0.2) is 0 Å². The van der Waals surface area contributed by atoms with Crippen LogP contribution in [0.1, 0.15) is 26.7 Å². The number of hydrogen-bond acceptors (Lipinski definition) is 3. The summed E-state index contributed by atoms with van der Waals surface area (Å²) in [5.74, 6) is -0.787. The van der Waals surface area contributed by atoms with Gasteiger partial charge in [-0.2, -0.15) is 0 Å². The standard InChI is InChI=1S/C10H22N2O2/c1-5-7-12(4)8-6-10(2,11-3)9(13)14/h11H,5-8H2,1-4H3,(H,13,14). The molecule has 84 valence electrons. The lowest BCUT2D eigenvalue weighted by molar-refractivity contribution is -0.144. The third kappa shape index (κ3) is 4.07. The van der Waals surface area contributed by atoms with Crippen LogP contribution in [0.4, 0.5) is 0 Å². The van der Waals surface area contributed by atoms with Crippen LogP contribution in [-0.2, 0) is 4.79 Å². The lowest BCUT2D eigenvalue weighted by atomic mass is 9.98. The molecule has 0 aliphatic carbocycles. The molecular weight excluding hydrogens is 180 g/mol. The molecule has 0 amide bonds. The van der Waals surface area contributed by atoms with Crippen LogP contribution in [0, 0.1) is 0 Å². The Morgan fingerprint density at radius 2 is 2.07 bits per heavy atom. The van der Waals surface area contributed by atoms with Gasteiger partial charge in [-0.15, -0.1) is 0 Å². The van der Waals surface area contributed by atoms with Gasteiger partial charge in [-0.1, -0.05) is 6.92 Å². The summed E-state index contributed by atoms with van der Waals surface area (Å²) in [6.45, 7) is 5.65. The summed E-state index contributed by atoms with van der Waals surface area (Å²) in [5, 5.41) is 11.8. The molecule has 1 unspecified atom stereocenters. The van der Waals surface area contributed by atoms with Crippen molar-refractivity contribution in [1.82, 2.24) is 10.2 Å². The fourth-order valence-corrected chi connectivity index (χ4v) is 1.25. The molecule has 0 radical (unpaired) electrons. The quantitative estimate of drug-likeness (QED) is 0.640. The third-order valence-electron chi connectivity index (χ3n) is 2.62. The van der Waals surface area contributed by atoms with Crippen LogP contribution in [-0.4, -0.2) is 48.7 Å². The minimum atomic E-state index is -0.804. The van der Waals surface area contributed by atoms with Gasteiger partial charge in [-0.05, 0) is 40.4 Å². The number of nitrogens with one attached hydrogen (secondary N) is 1. The second-order valence-corrected chi connectivity index (χ2v) is 3.94. The summed E-state index contributed by atoms with van der Waals surface area (Å²) in [4.78, 5) is 13.1. The normalized spacial score (nSPS) is 15.5. The van der Waals surface area contributed by atoms with Gasteiger partial charge in [0.1, 0.15) is 5.54 Å². The van der Waals surface area contributed by atoms with Crippen molar-refractivity contribution in [2.45, 2.75) is 32.2 Å². The van der Waals surface area contributed by atoms with Gasteiger partial charge in [0.25, 0.3) is 0 Å². The zero-order valence-electron chi connectivity index (χ0n) is 9.63. The zero-order chi connectivity index (χ0) is 11.2. The van der Waals surface area contributed by atoms with Gasteiger partial charge in [0.05, 0.1) is 0 Å². The first-order valence-electron chi connectivity index (χ1n) is 5.07. The Kier molecular flexibility index (Phi) is 5.72. The highest BCUT2D eigenvalue weighted by Crippen LogP contribution is 2.09. The Bertz CT molecular complexity index is 185. The Morgan fingerprint density at radius 3 is 2.43 bits per heavy atom. The predicted octanol–water partition coefficient (Wildman–Crippen LogP) is 0.781. The molecule has 0 aliphatic heterocycles. The Morgan fingerprint density at radius 1 is 1.50 bits per heavy atom. The van der Waals surface area contributed by atoms with Crippen molar-refractivity contribution in [1.29, 1.82) is 0 Å². The Balaban J connectivity index is 4.01. The van der Waals surface area contributed by atoms with E-state index in [0.29, 0.717) is 6.42 Å². The smallest absolute Gasteiger partial charge is 0.323 e. The molecule has 0 saturated carbocycles. The van der Waals surface area contributed by atoms with E-state index in [1.54, 1.807) is 14.0 Å². The summed E-state index contributed by atoms with van der Waals surface area (Å²) in [7, 11) is 3.70. The predicted molar refractivity (Wildman–Crippen MR) is 57.5 cm³/mol. The van der Waals surface area contributed by atoms with Crippen molar-refractivity contribution >= 4 is 5.97 Å². The van der Waals surface area contributed by atoms with E-state index < -0.39 is 11.5 Å². The molecule has 0 saturated heterocycles. The first-order valence-corrected chi connectivity index (χ1v) is 5.07. The van der Waals surface area contributed by atoms with Gasteiger partial charge < -0.3 is 15.3 Å². The number of rotatable bonds is 7. The maximum atomic E-state index is 10.9. The monoisotopic (exact) mass is 202 g/mol. The summed E-state index contributed by atoms with van der Waals surface area (Å²) < 4.78 is 0. The highest BCUT2D eigenvalue weighted by atomic mass is 16.4. The van der Waals surface area contributed by atoms with Gasteiger partial charge in [0, 0.05) is 6.54 Å². The fourth-order valence-electron chi connectivity index (χ4n) is 1.25. The number of carbonyl (C=O) groups is 1. The van der Waals surface area contributed by atoms with Crippen LogP contribution in [0.3, 0.4) is 0 Å². The van der Waals surface area contributed by atoms with Gasteiger partial charge >= 0.3 is 5.97 Å². The molecule has 4 heteroatoms. The minimum absolute atomic E-state index is 0.620. The molecular formula is C10H22N2O2. The van der Waals surface area contributed by atoms with E-state index in [1.807, 2.05) is 7.05 Å². The Labute approximate surface area is 86.3 Å². The van der Waals surface area contributed by atoms with Crippen LogP contribution >= 0.6 is 0 Å². The van der Waals surface area contributed by atoms with E-state index in [2.05, 4.69) is 17.1 Å². The SMILES string of the molecule is CCCN(C)CCC(C)(NC)C(=O)O. The lowest BCUT2D eigenvalue weighted by Gasteiger charge is -2.26. The lowest BCUT2D eigenvalue weighted by Crippen LogP contribution is -2.49. The van der Waals surface area contributed by atoms with Gasteiger partial charge in [0.2, 0.25) is 0 Å². The maximum absolute atomic E-state index is 10.9. The van der Waals surface area contributed by atoms with E-state index in [9.17, 15) is 4.79 Å². The van der Waals surface area contributed by atoms with Crippen molar-refractivity contribution < 1.29 is 9.90 Å². The van der Waals surface area contributed by atoms with Crippen molar-refractivity contribution in [2.75, 3.05) is 27.2 Å². The third-order valence-corrected chi connectivity index (χ3v) is 2.62. The Hall–Kier alpha value is -0.610. The van der Waals surface area contributed by atoms with Crippen LogP contribution in [0.25, 0.3) is 0 Å². The number of hydrogen-bond donors (Lipinski definition) is 2. The average Bonchev–Trinajstić information content (AvgIpc) is 2.14. The first kappa shape index (κ1) is 13.4. The largest absolute Gasteiger partial charge is 0.480 e. The van der Waals surface area contributed by atoms with Crippen LogP contribution in [0.5, 0.6) is 0 Å². The molecule has 0 rings (SSSR count). The molecule has 0 aromatic carbocycles. The highest BCUT2D eigenvalue weighted by molar-refractivity contribution is 5.78. The van der Waals surface area contributed by atoms with E-state index >= 15 is 0 Å². The van der Waals surface area contributed by atoms with Crippen molar-refractivity contribution in [3.63, 3.8) is 0 Å². The summed E-state index contributed by atoms with van der Waals surface area (Å²) in [6.07, 6.45) is 1.72. The molecule has 0 aromatic rings. The molecule has 4 nitrogen and oxygen atoms in total. The van der Waals surface area contributed by atoms with Crippen LogP contribution in [0.2, 0.25) is 0 Å². The minimum Gasteiger partial charge on any atom is -0.480 e. The molecule has 14 heavy (non-hydrogen) atoms. The summed E-state index contributed by atoms with van der Waals surface area (Å²) in [6, 6.07) is 0. The van der Waals surface area contributed by atoms with E-state index in [0.717, 1.165) is 19.5 Å². The molecule has 0 heterocycles. The van der Waals surface area contributed by atoms with Crippen molar-refractivity contribution in [3.8, 4) is 0 Å². The van der Waals surface area contributed by atoms with E-state index in [1.165, 1.54) is 0 Å². The molecule has 0 aromatic heterocycles. The second kappa shape index (κ2) is 5.98. The van der Waals surface area contributed by atoms with Crippen molar-refractivity contribution in [3.05, 3.63) is 0 Å². The van der Waals surface area contributed by atoms with E-state index in [4.69, 9.17) is 5.11 Å². The maximum Gasteiger partial charge on any atom is 0.323 e. The number of likely N-dealkylation sites (N-methyl/N-ethyl adjacent to an activating group) is 1. The average molecular weight is 202 g/mol. The number of carboxylic acid groups (broad SMARTS) is 1. The van der Waals surface area contributed by atoms with Crippen LogP contribution in [0.15, 0.2) is 0 Å². The molecule has 0 bridgehead atoms. The number of carboxylic acids is 1. The molecule has 0 aliphatic rings. The summed E-state index contributed by atoms with van der Waals surface area (Å²) in [5.41, 5.74) is -0.804. The zero-order valence-corrected chi connectivity index (χ0v) is 9.63. The summed E-state index contributed by atoms with van der Waals surface area (Å²) >= 11 is 0. The van der Waals surface area contributed by atoms with Gasteiger partial charge in [-0.3, -0.25) is 4.79 Å². The fraction of sp³-hybridized carbons (Fsp3) is 0.900. The molecule has 0 fully saturated rings. The number of aliphatic carboxylic acids is 1. The van der Waals surface area contributed by atoms with E-state index in [-0.39, 0.29) is 0 Å². The molecule has 2 N–H and O–H groups in total. The molecule has 1 atom stereocenters. The van der Waals surface area contributed by atoms with Crippen molar-refractivity contribution in [2.24, 2.45) is 0 Å². The second-order valence-electron chi connectivity index (χ2n) is 3.94. The van der Waals surface area contributed by atoms with Crippen LogP contribution < -0.4 is 5.32 Å². The molecule has 0 spiro atoms. The number of nitrogens with zero attached hydrogens (tertiary/aromatic N) is 1.